The summed E-state index contributed by atoms with van der Waals surface area (Å²) >= 11 is 0. The molecule has 1 saturated heterocycles. The highest BCUT2D eigenvalue weighted by atomic mass is 16.1. The summed E-state index contributed by atoms with van der Waals surface area (Å²) < 4.78 is 0. The van der Waals surface area contributed by atoms with Crippen molar-refractivity contribution in [3.05, 3.63) is 59.7 Å². The van der Waals surface area contributed by atoms with E-state index in [1.165, 1.54) is 11.3 Å². The van der Waals surface area contributed by atoms with Gasteiger partial charge in [-0.3, -0.25) is 4.79 Å². The van der Waals surface area contributed by atoms with Crippen molar-refractivity contribution in [3.8, 4) is 0 Å². The van der Waals surface area contributed by atoms with Gasteiger partial charge in [-0.05, 0) is 50.5 Å². The molecule has 23 heavy (non-hydrogen) atoms. The summed E-state index contributed by atoms with van der Waals surface area (Å²) in [5.74, 6) is 0.264. The van der Waals surface area contributed by atoms with E-state index in [0.717, 1.165) is 37.2 Å². The molecule has 0 aromatic heterocycles. The predicted molar refractivity (Wildman–Crippen MR) is 95.9 cm³/mol. The number of piperidine rings is 1. The van der Waals surface area contributed by atoms with Crippen molar-refractivity contribution in [3.63, 3.8) is 0 Å². The standard InChI is InChI=1S/C20H24N2O/c1-15-8-9-19(16(2)14-15)21-20(23)17-10-12-22(13-11-17)18-6-4-3-5-7-18/h3-9,14,17H,10-13H2,1-2H3,(H,21,23). The van der Waals surface area contributed by atoms with Gasteiger partial charge in [-0.25, -0.2) is 0 Å². The Balaban J connectivity index is 1.58. The minimum atomic E-state index is 0.107. The number of hydrogen-bond acceptors (Lipinski definition) is 2. The van der Waals surface area contributed by atoms with Crippen molar-refractivity contribution in [1.29, 1.82) is 0 Å². The van der Waals surface area contributed by atoms with Gasteiger partial charge in [0.2, 0.25) is 5.91 Å². The lowest BCUT2D eigenvalue weighted by molar-refractivity contribution is -0.120. The van der Waals surface area contributed by atoms with Crippen LogP contribution in [0.4, 0.5) is 11.4 Å². The molecule has 3 heteroatoms. The number of carbonyl (C=O) groups is 1. The molecule has 120 valence electrons. The summed E-state index contributed by atoms with van der Waals surface area (Å²) in [6.45, 7) is 5.99. The van der Waals surface area contributed by atoms with Crippen LogP contribution in [0.2, 0.25) is 0 Å². The molecule has 1 aliphatic heterocycles. The molecule has 0 radical (unpaired) electrons. The molecule has 0 unspecified atom stereocenters. The van der Waals surface area contributed by atoms with Crippen LogP contribution in [0, 0.1) is 19.8 Å². The molecule has 1 N–H and O–H groups in total. The van der Waals surface area contributed by atoms with E-state index in [-0.39, 0.29) is 11.8 Å². The number of anilines is 2. The van der Waals surface area contributed by atoms with Crippen LogP contribution >= 0.6 is 0 Å². The lowest BCUT2D eigenvalue weighted by Crippen LogP contribution is -2.38. The van der Waals surface area contributed by atoms with Gasteiger partial charge in [-0.1, -0.05) is 35.9 Å². The molecule has 1 amide bonds. The number of amides is 1. The zero-order valence-electron chi connectivity index (χ0n) is 13.9. The highest BCUT2D eigenvalue weighted by Crippen LogP contribution is 2.25. The first-order valence-electron chi connectivity index (χ1n) is 8.31. The second-order valence-corrected chi connectivity index (χ2v) is 6.40. The van der Waals surface area contributed by atoms with Crippen molar-refractivity contribution < 1.29 is 4.79 Å². The predicted octanol–water partition coefficient (Wildman–Crippen LogP) is 4.16. The first kappa shape index (κ1) is 15.6. The summed E-state index contributed by atoms with van der Waals surface area (Å²) in [6.07, 6.45) is 1.82. The van der Waals surface area contributed by atoms with Crippen molar-refractivity contribution in [2.75, 3.05) is 23.3 Å². The van der Waals surface area contributed by atoms with Crippen molar-refractivity contribution in [1.82, 2.24) is 0 Å². The third-order valence-corrected chi connectivity index (χ3v) is 4.63. The van der Waals surface area contributed by atoms with Gasteiger partial charge in [0, 0.05) is 30.4 Å². The number of hydrogen-bond donors (Lipinski definition) is 1. The Morgan fingerprint density at radius 1 is 1.04 bits per heavy atom. The molecule has 2 aromatic rings. The van der Waals surface area contributed by atoms with Crippen LogP contribution in [0.1, 0.15) is 24.0 Å². The van der Waals surface area contributed by atoms with E-state index >= 15 is 0 Å². The number of benzene rings is 2. The van der Waals surface area contributed by atoms with Gasteiger partial charge in [0.25, 0.3) is 0 Å². The molecule has 0 aliphatic carbocycles. The fourth-order valence-corrected chi connectivity index (χ4v) is 3.23. The monoisotopic (exact) mass is 308 g/mol. The van der Waals surface area contributed by atoms with Gasteiger partial charge in [0.05, 0.1) is 0 Å². The molecular weight excluding hydrogens is 284 g/mol. The fraction of sp³-hybridized carbons (Fsp3) is 0.350. The van der Waals surface area contributed by atoms with Gasteiger partial charge in [-0.2, -0.15) is 0 Å². The van der Waals surface area contributed by atoms with Gasteiger partial charge in [0.1, 0.15) is 0 Å². The topological polar surface area (TPSA) is 32.3 Å². The first-order chi connectivity index (χ1) is 11.1. The Hall–Kier alpha value is -2.29. The quantitative estimate of drug-likeness (QED) is 0.923. The Bertz CT molecular complexity index is 673. The molecular formula is C20H24N2O. The second-order valence-electron chi connectivity index (χ2n) is 6.40. The largest absolute Gasteiger partial charge is 0.371 e. The number of rotatable bonds is 3. The Morgan fingerprint density at radius 2 is 1.74 bits per heavy atom. The average Bonchev–Trinajstić information content (AvgIpc) is 2.58. The summed E-state index contributed by atoms with van der Waals surface area (Å²) in [5, 5.41) is 3.10. The molecule has 0 spiro atoms. The maximum Gasteiger partial charge on any atom is 0.227 e. The summed E-state index contributed by atoms with van der Waals surface area (Å²) in [5.41, 5.74) is 4.53. The number of aryl methyl sites for hydroxylation is 2. The van der Waals surface area contributed by atoms with E-state index < -0.39 is 0 Å². The van der Waals surface area contributed by atoms with Crippen LogP contribution in [-0.2, 0) is 4.79 Å². The second kappa shape index (κ2) is 6.86. The van der Waals surface area contributed by atoms with E-state index in [9.17, 15) is 4.79 Å². The number of carbonyl (C=O) groups excluding carboxylic acids is 1. The lowest BCUT2D eigenvalue weighted by atomic mass is 9.95. The van der Waals surface area contributed by atoms with Crippen molar-refractivity contribution in [2.24, 2.45) is 5.92 Å². The molecule has 1 aliphatic rings. The molecule has 3 nitrogen and oxygen atoms in total. The van der Waals surface area contributed by atoms with Gasteiger partial charge < -0.3 is 10.2 Å². The molecule has 3 rings (SSSR count). The van der Waals surface area contributed by atoms with Crippen LogP contribution in [0.15, 0.2) is 48.5 Å². The number of nitrogens with zero attached hydrogens (tertiary/aromatic N) is 1. The van der Waals surface area contributed by atoms with Crippen molar-refractivity contribution >= 4 is 17.3 Å². The molecule has 0 saturated carbocycles. The number of para-hydroxylation sites is 1. The van der Waals surface area contributed by atoms with E-state index in [1.54, 1.807) is 0 Å². The van der Waals surface area contributed by atoms with E-state index in [4.69, 9.17) is 0 Å². The van der Waals surface area contributed by atoms with E-state index in [0.29, 0.717) is 0 Å². The highest BCUT2D eigenvalue weighted by molar-refractivity contribution is 5.93. The molecule has 0 bridgehead atoms. The molecule has 1 heterocycles. The van der Waals surface area contributed by atoms with E-state index in [1.807, 2.05) is 25.1 Å². The summed E-state index contributed by atoms with van der Waals surface area (Å²) in [7, 11) is 0. The smallest absolute Gasteiger partial charge is 0.227 e. The zero-order valence-corrected chi connectivity index (χ0v) is 13.9. The minimum absolute atomic E-state index is 0.107. The summed E-state index contributed by atoms with van der Waals surface area (Å²) in [4.78, 5) is 14.9. The van der Waals surface area contributed by atoms with Crippen molar-refractivity contribution in [2.45, 2.75) is 26.7 Å². The third kappa shape index (κ3) is 3.73. The number of nitrogens with one attached hydrogen (secondary N) is 1. The first-order valence-corrected chi connectivity index (χ1v) is 8.31. The van der Waals surface area contributed by atoms with Gasteiger partial charge in [0.15, 0.2) is 0 Å². The van der Waals surface area contributed by atoms with Crippen LogP contribution in [0.25, 0.3) is 0 Å². The third-order valence-electron chi connectivity index (χ3n) is 4.63. The SMILES string of the molecule is Cc1ccc(NC(=O)C2CCN(c3ccccc3)CC2)c(C)c1. The minimum Gasteiger partial charge on any atom is -0.371 e. The Morgan fingerprint density at radius 3 is 2.39 bits per heavy atom. The van der Waals surface area contributed by atoms with Gasteiger partial charge >= 0.3 is 0 Å². The zero-order chi connectivity index (χ0) is 16.2. The highest BCUT2D eigenvalue weighted by Gasteiger charge is 2.25. The normalized spacial score (nSPS) is 15.5. The van der Waals surface area contributed by atoms with E-state index in [2.05, 4.69) is 47.5 Å². The maximum absolute atomic E-state index is 12.5. The average molecular weight is 308 g/mol. The maximum atomic E-state index is 12.5. The lowest BCUT2D eigenvalue weighted by Gasteiger charge is -2.33. The van der Waals surface area contributed by atoms with Crippen LogP contribution in [-0.4, -0.2) is 19.0 Å². The molecule has 0 atom stereocenters. The van der Waals surface area contributed by atoms with Crippen LogP contribution in [0.5, 0.6) is 0 Å². The van der Waals surface area contributed by atoms with Crippen LogP contribution in [0.3, 0.4) is 0 Å². The Kier molecular flexibility index (Phi) is 4.65. The van der Waals surface area contributed by atoms with Gasteiger partial charge in [-0.15, -0.1) is 0 Å². The fourth-order valence-electron chi connectivity index (χ4n) is 3.23. The molecule has 2 aromatic carbocycles. The molecule has 1 fully saturated rings. The summed E-state index contributed by atoms with van der Waals surface area (Å²) in [6, 6.07) is 16.6. The Labute approximate surface area is 138 Å². The van der Waals surface area contributed by atoms with Crippen LogP contribution < -0.4 is 10.2 Å².